The zero-order valence-corrected chi connectivity index (χ0v) is 20.1. The number of alkyl carbamates (subject to hydrolysis) is 1. The Morgan fingerprint density at radius 1 is 1.17 bits per heavy atom. The van der Waals surface area contributed by atoms with Crippen LogP contribution in [0.25, 0.3) is 0 Å². The Morgan fingerprint density at radius 3 is 2.60 bits per heavy atom. The number of nitrogens with one attached hydrogen (secondary N) is 2. The normalized spacial score (nSPS) is 14.4. The first-order valence-electron chi connectivity index (χ1n) is 11.2. The van der Waals surface area contributed by atoms with Crippen LogP contribution in [0.15, 0.2) is 30.3 Å². The maximum atomic E-state index is 14.8. The molecule has 1 aliphatic rings. The monoisotopic (exact) mass is 509 g/mol. The fraction of sp³-hybridized carbons (Fsp3) is 0.375. The van der Waals surface area contributed by atoms with Crippen molar-refractivity contribution in [1.82, 2.24) is 10.2 Å². The van der Waals surface area contributed by atoms with Gasteiger partial charge in [-0.1, -0.05) is 18.5 Å². The number of hydrogen-bond acceptors (Lipinski definition) is 5. The van der Waals surface area contributed by atoms with Gasteiger partial charge in [-0.15, -0.1) is 0 Å². The van der Waals surface area contributed by atoms with Gasteiger partial charge >= 0.3 is 6.09 Å². The number of amides is 3. The van der Waals surface area contributed by atoms with E-state index in [0.29, 0.717) is 13.1 Å². The van der Waals surface area contributed by atoms with Crippen molar-refractivity contribution in [3.63, 3.8) is 0 Å². The number of hydrogen-bond donors (Lipinski definition) is 2. The van der Waals surface area contributed by atoms with E-state index in [-0.39, 0.29) is 46.5 Å². The maximum absolute atomic E-state index is 14.8. The molecule has 1 atom stereocenters. The summed E-state index contributed by atoms with van der Waals surface area (Å²) in [6, 6.07) is 5.18. The van der Waals surface area contributed by atoms with Crippen LogP contribution in [0.2, 0.25) is 5.02 Å². The molecule has 188 valence electrons. The van der Waals surface area contributed by atoms with E-state index >= 15 is 0 Å². The molecule has 35 heavy (non-hydrogen) atoms. The van der Waals surface area contributed by atoms with Crippen LogP contribution in [-0.2, 0) is 9.53 Å². The molecule has 8 nitrogen and oxygen atoms in total. The van der Waals surface area contributed by atoms with Gasteiger partial charge < -0.3 is 25.0 Å². The second-order valence-electron chi connectivity index (χ2n) is 7.80. The third-order valence-corrected chi connectivity index (χ3v) is 5.70. The highest BCUT2D eigenvalue weighted by molar-refractivity contribution is 6.31. The minimum atomic E-state index is -0.890. The van der Waals surface area contributed by atoms with Gasteiger partial charge in [0.15, 0.2) is 6.61 Å². The number of anilines is 1. The van der Waals surface area contributed by atoms with Crippen molar-refractivity contribution < 1.29 is 32.6 Å². The van der Waals surface area contributed by atoms with Crippen LogP contribution in [0.4, 0.5) is 19.3 Å². The predicted molar refractivity (Wildman–Crippen MR) is 126 cm³/mol. The van der Waals surface area contributed by atoms with Gasteiger partial charge in [-0.05, 0) is 43.7 Å². The van der Waals surface area contributed by atoms with E-state index in [9.17, 15) is 23.2 Å². The summed E-state index contributed by atoms with van der Waals surface area (Å²) in [5.74, 6) is -2.30. The molecule has 0 saturated heterocycles. The Morgan fingerprint density at radius 2 is 1.91 bits per heavy atom. The Hall–Kier alpha value is -3.40. The van der Waals surface area contributed by atoms with Crippen molar-refractivity contribution in [2.24, 2.45) is 0 Å². The maximum Gasteiger partial charge on any atom is 0.408 e. The Kier molecular flexibility index (Phi) is 8.86. The van der Waals surface area contributed by atoms with Gasteiger partial charge in [0, 0.05) is 25.2 Å². The average molecular weight is 510 g/mol. The molecule has 11 heteroatoms. The molecule has 0 radical (unpaired) electrons. The lowest BCUT2D eigenvalue weighted by molar-refractivity contribution is -0.134. The smallest absolute Gasteiger partial charge is 0.408 e. The zero-order valence-electron chi connectivity index (χ0n) is 19.3. The molecule has 1 aliphatic heterocycles. The second-order valence-corrected chi connectivity index (χ2v) is 8.21. The number of likely N-dealkylation sites (N-methyl/N-ethyl adjacent to an activating group) is 1. The molecule has 3 rings (SSSR count). The lowest BCUT2D eigenvalue weighted by Gasteiger charge is -2.28. The number of carbonyl (C=O) groups is 3. The minimum Gasteiger partial charge on any atom is -0.492 e. The summed E-state index contributed by atoms with van der Waals surface area (Å²) in [4.78, 5) is 38.9. The summed E-state index contributed by atoms with van der Waals surface area (Å²) in [6.07, 6.45) is 0.107. The number of carbonyl (C=O) groups excluding carboxylic acids is 3. The van der Waals surface area contributed by atoms with Gasteiger partial charge in [0.2, 0.25) is 0 Å². The average Bonchev–Trinajstić information content (AvgIpc) is 2.83. The summed E-state index contributed by atoms with van der Waals surface area (Å²) < 4.78 is 38.8. The van der Waals surface area contributed by atoms with Gasteiger partial charge in [0.1, 0.15) is 17.4 Å². The topological polar surface area (TPSA) is 97.0 Å². The van der Waals surface area contributed by atoms with Crippen LogP contribution in [0.3, 0.4) is 0 Å². The van der Waals surface area contributed by atoms with Crippen molar-refractivity contribution in [2.75, 3.05) is 31.6 Å². The number of rotatable bonds is 8. The van der Waals surface area contributed by atoms with Crippen LogP contribution in [0.1, 0.15) is 48.7 Å². The van der Waals surface area contributed by atoms with Crippen LogP contribution >= 0.6 is 11.6 Å². The quantitative estimate of drug-likeness (QED) is 0.538. The van der Waals surface area contributed by atoms with Gasteiger partial charge in [0.25, 0.3) is 11.8 Å². The van der Waals surface area contributed by atoms with Crippen LogP contribution in [0, 0.1) is 11.6 Å². The van der Waals surface area contributed by atoms with Gasteiger partial charge in [-0.25, -0.2) is 13.6 Å². The SMILES string of the molecule is CCCN(CC)C(=O)COC(=O)N[C@H]1CCOc2c(C(=O)Nc3ccc(F)c(Cl)c3)ccc(F)c21. The van der Waals surface area contributed by atoms with Crippen molar-refractivity contribution in [3.05, 3.63) is 58.1 Å². The van der Waals surface area contributed by atoms with Crippen molar-refractivity contribution in [2.45, 2.75) is 32.7 Å². The summed E-state index contributed by atoms with van der Waals surface area (Å²) in [7, 11) is 0. The first-order valence-corrected chi connectivity index (χ1v) is 11.6. The Balaban J connectivity index is 1.73. The lowest BCUT2D eigenvalue weighted by atomic mass is 9.96. The van der Waals surface area contributed by atoms with E-state index < -0.39 is 36.3 Å². The summed E-state index contributed by atoms with van der Waals surface area (Å²) >= 11 is 5.76. The third-order valence-electron chi connectivity index (χ3n) is 5.41. The molecule has 0 saturated carbocycles. The summed E-state index contributed by atoms with van der Waals surface area (Å²) in [5, 5.41) is 4.94. The minimum absolute atomic E-state index is 0.00881. The molecular weight excluding hydrogens is 484 g/mol. The van der Waals surface area contributed by atoms with Crippen molar-refractivity contribution in [1.29, 1.82) is 0 Å². The highest BCUT2D eigenvalue weighted by Crippen LogP contribution is 2.37. The highest BCUT2D eigenvalue weighted by atomic mass is 35.5. The Bertz CT molecular complexity index is 1110. The molecule has 0 bridgehead atoms. The lowest BCUT2D eigenvalue weighted by Crippen LogP contribution is -2.38. The highest BCUT2D eigenvalue weighted by Gasteiger charge is 2.31. The Labute approximate surface area is 206 Å². The largest absolute Gasteiger partial charge is 0.492 e. The molecule has 0 aliphatic carbocycles. The molecule has 3 amide bonds. The molecule has 2 N–H and O–H groups in total. The standard InChI is InChI=1S/C24H26ClF2N3O5/c1-3-10-30(4-2)20(31)13-35-24(33)29-19-9-11-34-22-15(6-8-18(27)21(19)22)23(32)28-14-5-7-17(26)16(25)12-14/h5-8,12,19H,3-4,9-11,13H2,1-2H3,(H,28,32)(H,29,33)/t19-/m0/s1. The van der Waals surface area contributed by atoms with E-state index in [2.05, 4.69) is 10.6 Å². The van der Waals surface area contributed by atoms with Gasteiger partial charge in [0.05, 0.1) is 28.8 Å². The van der Waals surface area contributed by atoms with Crippen molar-refractivity contribution >= 4 is 35.2 Å². The number of benzene rings is 2. The van der Waals surface area contributed by atoms with E-state index in [4.69, 9.17) is 21.1 Å². The first kappa shape index (κ1) is 26.2. The van der Waals surface area contributed by atoms with Gasteiger partial charge in [-0.3, -0.25) is 9.59 Å². The summed E-state index contributed by atoms with van der Waals surface area (Å²) in [5.41, 5.74) is 0.253. The van der Waals surface area contributed by atoms with Crippen molar-refractivity contribution in [3.8, 4) is 5.75 Å². The fourth-order valence-corrected chi connectivity index (χ4v) is 3.89. The summed E-state index contributed by atoms with van der Waals surface area (Å²) in [6.45, 7) is 4.46. The molecule has 0 unspecified atom stereocenters. The number of ether oxygens (including phenoxy) is 2. The van der Waals surface area contributed by atoms with Gasteiger partial charge in [-0.2, -0.15) is 0 Å². The zero-order chi connectivity index (χ0) is 25.5. The van der Waals surface area contributed by atoms with E-state index in [1.54, 1.807) is 4.90 Å². The molecule has 2 aromatic carbocycles. The van der Waals surface area contributed by atoms with Crippen LogP contribution in [0.5, 0.6) is 5.75 Å². The molecule has 2 aromatic rings. The fourth-order valence-electron chi connectivity index (χ4n) is 3.71. The number of fused-ring (bicyclic) bond motifs is 1. The molecule has 0 fully saturated rings. The number of halogens is 3. The van der Waals surface area contributed by atoms with E-state index in [0.717, 1.165) is 18.6 Å². The van der Waals surface area contributed by atoms with Crippen LogP contribution in [-0.4, -0.2) is 49.1 Å². The molecular formula is C24H26ClF2N3O5. The second kappa shape index (κ2) is 11.8. The van der Waals surface area contributed by atoms with E-state index in [1.807, 2.05) is 13.8 Å². The number of nitrogens with zero attached hydrogens (tertiary/aromatic N) is 1. The predicted octanol–water partition coefficient (Wildman–Crippen LogP) is 4.68. The first-order chi connectivity index (χ1) is 16.7. The molecule has 0 spiro atoms. The molecule has 1 heterocycles. The molecule has 0 aromatic heterocycles. The van der Waals surface area contributed by atoms with Crippen LogP contribution < -0.4 is 15.4 Å². The third kappa shape index (κ3) is 6.39. The van der Waals surface area contributed by atoms with E-state index in [1.165, 1.54) is 18.2 Å².